The summed E-state index contributed by atoms with van der Waals surface area (Å²) >= 11 is 0. The minimum absolute atomic E-state index is 0.00794. The highest BCUT2D eigenvalue weighted by molar-refractivity contribution is 5.78. The molecule has 8 heteroatoms. The number of carbonyl (C=O) groups is 2. The zero-order valence-electron chi connectivity index (χ0n) is 12.3. The zero-order chi connectivity index (χ0) is 16.2. The van der Waals surface area contributed by atoms with E-state index in [0.717, 1.165) is 0 Å². The Labute approximate surface area is 122 Å². The second kappa shape index (κ2) is 7.35. The average molecular weight is 304 g/mol. The van der Waals surface area contributed by atoms with Crippen molar-refractivity contribution in [1.82, 2.24) is 5.32 Å². The molecule has 0 unspecified atom stereocenters. The second-order valence-electron chi connectivity index (χ2n) is 5.26. The van der Waals surface area contributed by atoms with Crippen LogP contribution < -0.4 is 5.32 Å². The van der Waals surface area contributed by atoms with E-state index in [1.165, 1.54) is 6.92 Å². The van der Waals surface area contributed by atoms with Crippen molar-refractivity contribution >= 4 is 17.8 Å². The number of amides is 1. The quantitative estimate of drug-likeness (QED) is 0.517. The van der Waals surface area contributed by atoms with Crippen molar-refractivity contribution in [3.63, 3.8) is 0 Å². The Morgan fingerprint density at radius 1 is 1.38 bits per heavy atom. The molecule has 0 spiro atoms. The van der Waals surface area contributed by atoms with Crippen molar-refractivity contribution in [2.45, 2.75) is 45.4 Å². The molecule has 0 aromatic carbocycles. The second-order valence-corrected chi connectivity index (χ2v) is 5.26. The van der Waals surface area contributed by atoms with Crippen molar-refractivity contribution in [3.8, 4) is 0 Å². The number of hydrogen-bond donors (Lipinski definition) is 3. The van der Waals surface area contributed by atoms with Gasteiger partial charge in [-0.3, -0.25) is 10.2 Å². The first-order valence-corrected chi connectivity index (χ1v) is 6.69. The van der Waals surface area contributed by atoms with Crippen LogP contribution in [0.3, 0.4) is 0 Å². The summed E-state index contributed by atoms with van der Waals surface area (Å²) in [5.41, 5.74) is 0. The molecule has 3 N–H and O–H groups in total. The summed E-state index contributed by atoms with van der Waals surface area (Å²) in [7, 11) is 0. The number of carbonyl (C=O) groups excluding carboxylic acids is 1. The lowest BCUT2D eigenvalue weighted by atomic mass is 9.78. The van der Waals surface area contributed by atoms with Gasteiger partial charge in [0, 0.05) is 13.3 Å². The average Bonchev–Trinajstić information content (AvgIpc) is 2.37. The third-order valence-corrected chi connectivity index (χ3v) is 3.86. The molecule has 1 heterocycles. The number of alkyl halides is 1. The van der Waals surface area contributed by atoms with E-state index < -0.39 is 31.1 Å². The third kappa shape index (κ3) is 4.38. The van der Waals surface area contributed by atoms with Gasteiger partial charge in [-0.25, -0.2) is 9.18 Å². The maximum atomic E-state index is 12.0. The van der Waals surface area contributed by atoms with Gasteiger partial charge in [0.25, 0.3) is 0 Å². The van der Waals surface area contributed by atoms with Gasteiger partial charge in [0.1, 0.15) is 0 Å². The van der Waals surface area contributed by atoms with Gasteiger partial charge < -0.3 is 19.9 Å². The van der Waals surface area contributed by atoms with Crippen molar-refractivity contribution < 1.29 is 28.6 Å². The standard InChI is InChI=1S/C13H21FN2O5/c1-6-7(2)11(16-8(3)17)12(13(18)19)21-9(6)4-10(15)20-5-14/h6-7,9,11-12,15H,4-5H2,1-3H3,(H,16,17)(H,18,19)/t6-,7+,9+,11-,12+/m0/s1. The fourth-order valence-electron chi connectivity index (χ4n) is 2.53. The molecule has 7 nitrogen and oxygen atoms in total. The molecule has 0 bridgehead atoms. The van der Waals surface area contributed by atoms with Crippen LogP contribution in [0.4, 0.5) is 4.39 Å². The largest absolute Gasteiger partial charge is 0.479 e. The number of rotatable bonds is 5. The van der Waals surface area contributed by atoms with Gasteiger partial charge in [0.2, 0.25) is 12.8 Å². The molecular weight excluding hydrogens is 283 g/mol. The Morgan fingerprint density at radius 2 is 2.00 bits per heavy atom. The predicted octanol–water partition coefficient (Wildman–Crippen LogP) is 0.926. The number of carboxylic acids is 1. The van der Waals surface area contributed by atoms with Gasteiger partial charge in [-0.05, 0) is 11.8 Å². The molecule has 1 fully saturated rings. The van der Waals surface area contributed by atoms with Gasteiger partial charge in [-0.2, -0.15) is 0 Å². The lowest BCUT2D eigenvalue weighted by Crippen LogP contribution is -2.59. The Morgan fingerprint density at radius 3 is 2.48 bits per heavy atom. The van der Waals surface area contributed by atoms with Crippen molar-refractivity contribution in [1.29, 1.82) is 5.41 Å². The number of aliphatic carboxylic acids is 1. The molecule has 0 saturated carbocycles. The summed E-state index contributed by atoms with van der Waals surface area (Å²) < 4.78 is 22.0. The fraction of sp³-hybridized carbons (Fsp3) is 0.769. The van der Waals surface area contributed by atoms with E-state index in [1.54, 1.807) is 0 Å². The highest BCUT2D eigenvalue weighted by atomic mass is 19.1. The molecular formula is C13H21FN2O5. The first-order chi connectivity index (χ1) is 9.77. The molecule has 120 valence electrons. The first-order valence-electron chi connectivity index (χ1n) is 6.69. The monoisotopic (exact) mass is 304 g/mol. The number of ether oxygens (including phenoxy) is 2. The molecule has 5 atom stereocenters. The van der Waals surface area contributed by atoms with Crippen LogP contribution in [-0.4, -0.2) is 48.0 Å². The number of carboxylic acid groups (broad SMARTS) is 1. The number of nitrogens with one attached hydrogen (secondary N) is 2. The molecule has 0 aromatic rings. The number of halogens is 1. The van der Waals surface area contributed by atoms with E-state index in [1.807, 2.05) is 13.8 Å². The Balaban J connectivity index is 2.86. The maximum Gasteiger partial charge on any atom is 0.335 e. The van der Waals surface area contributed by atoms with Crippen LogP contribution in [0.5, 0.6) is 0 Å². The lowest BCUT2D eigenvalue weighted by molar-refractivity contribution is -0.173. The highest BCUT2D eigenvalue weighted by Crippen LogP contribution is 2.32. The van der Waals surface area contributed by atoms with E-state index in [9.17, 15) is 19.1 Å². The van der Waals surface area contributed by atoms with Crippen molar-refractivity contribution in [2.24, 2.45) is 11.8 Å². The third-order valence-electron chi connectivity index (χ3n) is 3.86. The highest BCUT2D eigenvalue weighted by Gasteiger charge is 2.45. The van der Waals surface area contributed by atoms with Gasteiger partial charge in [0.15, 0.2) is 12.0 Å². The van der Waals surface area contributed by atoms with E-state index in [2.05, 4.69) is 10.1 Å². The minimum atomic E-state index is -1.21. The van der Waals surface area contributed by atoms with Gasteiger partial charge in [0.05, 0.1) is 12.1 Å². The van der Waals surface area contributed by atoms with Crippen LogP contribution in [0.15, 0.2) is 0 Å². The Hall–Kier alpha value is -1.70. The molecule has 1 saturated heterocycles. The van der Waals surface area contributed by atoms with Crippen molar-refractivity contribution in [2.75, 3.05) is 6.86 Å². The summed E-state index contributed by atoms with van der Waals surface area (Å²) in [5.74, 6) is -2.10. The molecule has 1 amide bonds. The molecule has 0 radical (unpaired) electrons. The van der Waals surface area contributed by atoms with E-state index in [0.29, 0.717) is 0 Å². The van der Waals surface area contributed by atoms with Gasteiger partial charge in [-0.1, -0.05) is 13.8 Å². The summed E-state index contributed by atoms with van der Waals surface area (Å²) in [6.07, 6.45) is -1.79. The first kappa shape index (κ1) is 17.4. The predicted molar refractivity (Wildman–Crippen MR) is 71.6 cm³/mol. The summed E-state index contributed by atoms with van der Waals surface area (Å²) in [4.78, 5) is 22.6. The van der Waals surface area contributed by atoms with Crippen LogP contribution in [-0.2, 0) is 19.1 Å². The van der Waals surface area contributed by atoms with E-state index in [4.69, 9.17) is 10.1 Å². The summed E-state index contributed by atoms with van der Waals surface area (Å²) in [6, 6.07) is -0.650. The van der Waals surface area contributed by atoms with Crippen LogP contribution >= 0.6 is 0 Å². The smallest absolute Gasteiger partial charge is 0.335 e. The molecule has 1 aliphatic heterocycles. The van der Waals surface area contributed by atoms with Crippen LogP contribution in [0.25, 0.3) is 0 Å². The Kier molecular flexibility index (Phi) is 6.07. The van der Waals surface area contributed by atoms with Crippen LogP contribution in [0, 0.1) is 17.2 Å². The fourth-order valence-corrected chi connectivity index (χ4v) is 2.53. The number of hydrogen-bond acceptors (Lipinski definition) is 5. The Bertz CT molecular complexity index is 417. The lowest BCUT2D eigenvalue weighted by Gasteiger charge is -2.43. The normalized spacial score (nSPS) is 32.3. The van der Waals surface area contributed by atoms with E-state index in [-0.39, 0.29) is 30.1 Å². The molecule has 0 aromatic heterocycles. The van der Waals surface area contributed by atoms with E-state index >= 15 is 0 Å². The topological polar surface area (TPSA) is 109 Å². The van der Waals surface area contributed by atoms with Crippen LogP contribution in [0.2, 0.25) is 0 Å². The van der Waals surface area contributed by atoms with Crippen molar-refractivity contribution in [3.05, 3.63) is 0 Å². The summed E-state index contributed by atoms with van der Waals surface area (Å²) in [6.45, 7) is 3.86. The summed E-state index contributed by atoms with van der Waals surface area (Å²) in [5, 5.41) is 19.3. The molecule has 21 heavy (non-hydrogen) atoms. The molecule has 1 rings (SSSR count). The SMILES string of the molecule is CC(=O)N[C@H]1[C@H](C)[C@H](C)[C@@H](CC(=N)OCF)O[C@H]1C(=O)O. The molecule has 0 aliphatic carbocycles. The van der Waals surface area contributed by atoms with Gasteiger partial charge >= 0.3 is 5.97 Å². The minimum Gasteiger partial charge on any atom is -0.479 e. The van der Waals surface area contributed by atoms with Crippen LogP contribution in [0.1, 0.15) is 27.2 Å². The maximum absolute atomic E-state index is 12.0. The zero-order valence-corrected chi connectivity index (χ0v) is 12.3. The van der Waals surface area contributed by atoms with Gasteiger partial charge in [-0.15, -0.1) is 0 Å². The molecule has 1 aliphatic rings.